The second-order valence-corrected chi connectivity index (χ2v) is 6.56. The second kappa shape index (κ2) is 8.20. The van der Waals surface area contributed by atoms with Crippen molar-refractivity contribution >= 4 is 52.4 Å². The van der Waals surface area contributed by atoms with E-state index in [2.05, 4.69) is 25.6 Å². The minimum absolute atomic E-state index is 0.221. The molecule has 7 nitrogen and oxygen atoms in total. The summed E-state index contributed by atoms with van der Waals surface area (Å²) in [6.07, 6.45) is 3.22. The number of pyridine rings is 1. The topological polar surface area (TPSA) is 83.0 Å². The first-order valence-corrected chi connectivity index (χ1v) is 8.68. The number of benzene rings is 1. The first-order valence-electron chi connectivity index (χ1n) is 7.93. The van der Waals surface area contributed by atoms with Crippen molar-refractivity contribution in [3.8, 4) is 0 Å². The third kappa shape index (κ3) is 4.64. The van der Waals surface area contributed by atoms with Gasteiger partial charge in [-0.1, -0.05) is 29.3 Å². The number of hydrogen-bond donors (Lipinski definition) is 2. The van der Waals surface area contributed by atoms with Crippen molar-refractivity contribution in [1.82, 2.24) is 15.0 Å². The van der Waals surface area contributed by atoms with Gasteiger partial charge in [-0.25, -0.2) is 9.97 Å². The Hall–Kier alpha value is -2.90. The van der Waals surface area contributed by atoms with E-state index in [1.54, 1.807) is 53.7 Å². The molecular weight excluding hydrogens is 387 g/mol. The maximum Gasteiger partial charge on any atom is 0.258 e. The molecule has 0 bridgehead atoms. The summed E-state index contributed by atoms with van der Waals surface area (Å²) < 4.78 is 0. The molecule has 0 atom stereocenters. The molecule has 27 heavy (non-hydrogen) atoms. The first kappa shape index (κ1) is 18.9. The number of amides is 1. The van der Waals surface area contributed by atoms with Gasteiger partial charge in [0, 0.05) is 38.2 Å². The molecule has 0 spiro atoms. The van der Waals surface area contributed by atoms with E-state index < -0.39 is 5.91 Å². The smallest absolute Gasteiger partial charge is 0.258 e. The van der Waals surface area contributed by atoms with Gasteiger partial charge >= 0.3 is 0 Å². The zero-order valence-electron chi connectivity index (χ0n) is 14.6. The van der Waals surface area contributed by atoms with E-state index in [0.717, 1.165) is 0 Å². The molecule has 0 radical (unpaired) electrons. The predicted molar refractivity (Wildman–Crippen MR) is 108 cm³/mol. The fourth-order valence-corrected chi connectivity index (χ4v) is 2.82. The van der Waals surface area contributed by atoms with Gasteiger partial charge in [-0.3, -0.25) is 4.79 Å². The summed E-state index contributed by atoms with van der Waals surface area (Å²) in [5.74, 6) is 1.26. The van der Waals surface area contributed by atoms with Crippen LogP contribution in [0.4, 0.5) is 23.3 Å². The molecule has 2 N–H and O–H groups in total. The molecule has 0 aliphatic rings. The van der Waals surface area contributed by atoms with Gasteiger partial charge in [-0.2, -0.15) is 4.98 Å². The lowest BCUT2D eigenvalue weighted by Gasteiger charge is -2.12. The Kier molecular flexibility index (Phi) is 5.73. The van der Waals surface area contributed by atoms with Crippen LogP contribution in [0, 0.1) is 0 Å². The zero-order chi connectivity index (χ0) is 19.4. The van der Waals surface area contributed by atoms with Gasteiger partial charge in [0.1, 0.15) is 11.6 Å². The van der Waals surface area contributed by atoms with Gasteiger partial charge in [0.05, 0.1) is 15.6 Å². The van der Waals surface area contributed by atoms with Crippen LogP contribution in [0.25, 0.3) is 0 Å². The Balaban J connectivity index is 1.78. The van der Waals surface area contributed by atoms with Crippen molar-refractivity contribution in [2.24, 2.45) is 0 Å². The van der Waals surface area contributed by atoms with Crippen LogP contribution < -0.4 is 15.5 Å². The monoisotopic (exact) mass is 402 g/mol. The number of hydrogen-bond acceptors (Lipinski definition) is 6. The van der Waals surface area contributed by atoms with E-state index in [4.69, 9.17) is 23.2 Å². The van der Waals surface area contributed by atoms with Crippen molar-refractivity contribution in [2.75, 3.05) is 29.6 Å². The molecule has 9 heteroatoms. The third-order valence-corrected chi connectivity index (χ3v) is 4.14. The van der Waals surface area contributed by atoms with Crippen LogP contribution in [0.3, 0.4) is 0 Å². The summed E-state index contributed by atoms with van der Waals surface area (Å²) in [4.78, 5) is 27.1. The number of nitrogens with zero attached hydrogens (tertiary/aromatic N) is 4. The Morgan fingerprint density at radius 1 is 1.00 bits per heavy atom. The summed E-state index contributed by atoms with van der Waals surface area (Å²) in [6.45, 7) is 0. The molecule has 2 heterocycles. The highest BCUT2D eigenvalue weighted by Crippen LogP contribution is 2.26. The van der Waals surface area contributed by atoms with E-state index in [1.807, 2.05) is 14.1 Å². The summed E-state index contributed by atoms with van der Waals surface area (Å²) in [5.41, 5.74) is 0.758. The SMILES string of the molecule is CN(C)c1nccc(Nc2cc(NC(=O)c3c(Cl)cccc3Cl)ccn2)n1. The fraction of sp³-hybridized carbons (Fsp3) is 0.111. The standard InChI is InChI=1S/C18H16Cl2N6O/c1-26(2)18-22-9-7-14(25-18)24-15-10-11(6-8-21-15)23-17(27)16-12(19)4-3-5-13(16)20/h3-10H,1-2H3,(H2,21,22,23,24,25,27). The Morgan fingerprint density at radius 3 is 2.41 bits per heavy atom. The normalized spacial score (nSPS) is 10.4. The molecule has 0 saturated heterocycles. The average molecular weight is 403 g/mol. The predicted octanol–water partition coefficient (Wildman–Crippen LogP) is 4.24. The maximum atomic E-state index is 12.5. The highest BCUT2D eigenvalue weighted by atomic mass is 35.5. The molecule has 2 aromatic heterocycles. The van der Waals surface area contributed by atoms with E-state index in [-0.39, 0.29) is 15.6 Å². The minimum Gasteiger partial charge on any atom is -0.347 e. The summed E-state index contributed by atoms with van der Waals surface area (Å²) in [7, 11) is 3.71. The number of rotatable bonds is 5. The number of anilines is 4. The number of carbonyl (C=O) groups excluding carboxylic acids is 1. The van der Waals surface area contributed by atoms with Crippen molar-refractivity contribution < 1.29 is 4.79 Å². The first-order chi connectivity index (χ1) is 12.9. The highest BCUT2D eigenvalue weighted by Gasteiger charge is 2.15. The van der Waals surface area contributed by atoms with E-state index in [0.29, 0.717) is 23.3 Å². The van der Waals surface area contributed by atoms with Gasteiger partial charge in [0.25, 0.3) is 5.91 Å². The summed E-state index contributed by atoms with van der Waals surface area (Å²) >= 11 is 12.2. The molecule has 1 amide bonds. The Labute approximate surface area is 166 Å². The lowest BCUT2D eigenvalue weighted by Crippen LogP contribution is -2.14. The molecule has 0 fully saturated rings. The Morgan fingerprint density at radius 2 is 1.70 bits per heavy atom. The molecule has 3 aromatic rings. The van der Waals surface area contributed by atoms with Crippen LogP contribution in [-0.2, 0) is 0 Å². The van der Waals surface area contributed by atoms with Gasteiger partial charge in [0.15, 0.2) is 0 Å². The van der Waals surface area contributed by atoms with Crippen molar-refractivity contribution in [2.45, 2.75) is 0 Å². The highest BCUT2D eigenvalue weighted by molar-refractivity contribution is 6.40. The van der Waals surface area contributed by atoms with Crippen LogP contribution in [0.15, 0.2) is 48.8 Å². The van der Waals surface area contributed by atoms with Gasteiger partial charge in [-0.05, 0) is 24.3 Å². The largest absolute Gasteiger partial charge is 0.347 e. The van der Waals surface area contributed by atoms with Crippen LogP contribution in [0.5, 0.6) is 0 Å². The van der Waals surface area contributed by atoms with Crippen molar-refractivity contribution in [3.63, 3.8) is 0 Å². The zero-order valence-corrected chi connectivity index (χ0v) is 16.1. The van der Waals surface area contributed by atoms with Crippen molar-refractivity contribution in [1.29, 1.82) is 0 Å². The summed E-state index contributed by atoms with van der Waals surface area (Å²) in [5, 5.41) is 6.41. The molecular formula is C18H16Cl2N6O. The van der Waals surface area contributed by atoms with Crippen LogP contribution in [0.2, 0.25) is 10.0 Å². The molecule has 138 valence electrons. The molecule has 0 unspecified atom stereocenters. The average Bonchev–Trinajstić information content (AvgIpc) is 2.62. The van der Waals surface area contributed by atoms with Gasteiger partial charge in [-0.15, -0.1) is 0 Å². The number of aromatic nitrogens is 3. The number of halogens is 2. The molecule has 0 aliphatic carbocycles. The lowest BCUT2D eigenvalue weighted by atomic mass is 10.2. The van der Waals surface area contributed by atoms with Gasteiger partial charge in [0.2, 0.25) is 5.95 Å². The molecule has 0 aliphatic heterocycles. The van der Waals surface area contributed by atoms with E-state index in [1.165, 1.54) is 0 Å². The van der Waals surface area contributed by atoms with Crippen LogP contribution in [0.1, 0.15) is 10.4 Å². The summed E-state index contributed by atoms with van der Waals surface area (Å²) in [6, 6.07) is 9.97. The van der Waals surface area contributed by atoms with Crippen molar-refractivity contribution in [3.05, 3.63) is 64.4 Å². The number of nitrogens with one attached hydrogen (secondary N) is 2. The lowest BCUT2D eigenvalue weighted by molar-refractivity contribution is 0.102. The third-order valence-electron chi connectivity index (χ3n) is 3.51. The molecule has 1 aromatic carbocycles. The fourth-order valence-electron chi connectivity index (χ4n) is 2.25. The van der Waals surface area contributed by atoms with Crippen LogP contribution >= 0.6 is 23.2 Å². The Bertz CT molecular complexity index is 959. The van der Waals surface area contributed by atoms with Crippen LogP contribution in [-0.4, -0.2) is 35.0 Å². The molecule has 3 rings (SSSR count). The maximum absolute atomic E-state index is 12.5. The van der Waals surface area contributed by atoms with Gasteiger partial charge < -0.3 is 15.5 Å². The number of carbonyl (C=O) groups is 1. The van der Waals surface area contributed by atoms with E-state index >= 15 is 0 Å². The second-order valence-electron chi connectivity index (χ2n) is 5.74. The molecule has 0 saturated carbocycles. The van der Waals surface area contributed by atoms with E-state index in [9.17, 15) is 4.79 Å². The minimum atomic E-state index is -0.403. The quantitative estimate of drug-likeness (QED) is 0.663.